The predicted molar refractivity (Wildman–Crippen MR) is 108 cm³/mol. The first-order valence-electron chi connectivity index (χ1n) is 9.99. The van der Waals surface area contributed by atoms with Crippen molar-refractivity contribution in [2.45, 2.75) is 64.8 Å². The van der Waals surface area contributed by atoms with Crippen molar-refractivity contribution in [3.05, 3.63) is 60.4 Å². The lowest BCUT2D eigenvalue weighted by molar-refractivity contribution is -0.688. The Bertz CT molecular complexity index is 775. The fourth-order valence-electron chi connectivity index (χ4n) is 3.44. The van der Waals surface area contributed by atoms with Crippen LogP contribution in [0.15, 0.2) is 54.9 Å². The third-order valence-electron chi connectivity index (χ3n) is 4.83. The number of nitrogens with zero attached hydrogens (tertiary/aromatic N) is 2. The molecule has 1 aliphatic heterocycles. The summed E-state index contributed by atoms with van der Waals surface area (Å²) in [6.07, 6.45) is 5.57. The maximum Gasteiger partial charge on any atom is 0.410 e. The highest BCUT2D eigenvalue weighted by molar-refractivity contribution is 5.68. The van der Waals surface area contributed by atoms with Gasteiger partial charge in [-0.15, -0.1) is 0 Å². The van der Waals surface area contributed by atoms with E-state index in [0.29, 0.717) is 6.54 Å². The van der Waals surface area contributed by atoms with Gasteiger partial charge in [-0.05, 0) is 27.7 Å². The highest BCUT2D eigenvalue weighted by atomic mass is 79.9. The Morgan fingerprint density at radius 2 is 1.79 bits per heavy atom. The molecule has 2 atom stereocenters. The van der Waals surface area contributed by atoms with Gasteiger partial charge in [-0.2, -0.15) is 0 Å². The van der Waals surface area contributed by atoms with Crippen LogP contribution in [0.25, 0.3) is 0 Å². The first-order chi connectivity index (χ1) is 13.3. The number of ether oxygens (including phenoxy) is 2. The molecule has 1 fully saturated rings. The topological polar surface area (TPSA) is 42.7 Å². The number of hydrogen-bond donors (Lipinski definition) is 0. The Hall–Kier alpha value is -2.08. The van der Waals surface area contributed by atoms with Crippen LogP contribution in [0.3, 0.4) is 0 Å². The first-order valence-corrected chi connectivity index (χ1v) is 9.99. The van der Waals surface area contributed by atoms with Gasteiger partial charge < -0.3 is 31.4 Å². The van der Waals surface area contributed by atoms with Crippen molar-refractivity contribution in [2.24, 2.45) is 0 Å². The molecule has 0 bridgehead atoms. The van der Waals surface area contributed by atoms with Crippen LogP contribution in [0.4, 0.5) is 4.79 Å². The Morgan fingerprint density at radius 3 is 2.38 bits per heavy atom. The minimum absolute atomic E-state index is 0. The van der Waals surface area contributed by atoms with Crippen LogP contribution < -0.4 is 26.3 Å². The molecule has 5 nitrogen and oxygen atoms in total. The number of likely N-dealkylation sites (tertiary alicyclic amines) is 1. The molecule has 1 aliphatic rings. The molecule has 158 valence electrons. The molecule has 3 rings (SSSR count). The molecule has 1 amide bonds. The van der Waals surface area contributed by atoms with Gasteiger partial charge >= 0.3 is 6.09 Å². The van der Waals surface area contributed by atoms with E-state index in [1.807, 2.05) is 56.3 Å². The molecule has 1 aromatic carbocycles. The van der Waals surface area contributed by atoms with Gasteiger partial charge in [-0.25, -0.2) is 9.36 Å². The number of pyridine rings is 1. The lowest BCUT2D eigenvalue weighted by Crippen LogP contribution is -3.00. The van der Waals surface area contributed by atoms with Crippen LogP contribution in [-0.4, -0.2) is 35.3 Å². The minimum Gasteiger partial charge on any atom is -1.00 e. The maximum atomic E-state index is 12.3. The van der Waals surface area contributed by atoms with Crippen molar-refractivity contribution < 1.29 is 35.8 Å². The normalized spacial score (nSPS) is 19.2. The van der Waals surface area contributed by atoms with Gasteiger partial charge in [-0.1, -0.05) is 30.3 Å². The molecule has 0 spiro atoms. The lowest BCUT2D eigenvalue weighted by atomic mass is 10.0. The zero-order chi connectivity index (χ0) is 20.1. The quantitative estimate of drug-likeness (QED) is 0.641. The second kappa shape index (κ2) is 10.1. The molecular weight excluding hydrogens is 432 g/mol. The average molecular weight is 463 g/mol. The molecule has 29 heavy (non-hydrogen) atoms. The van der Waals surface area contributed by atoms with Crippen molar-refractivity contribution in [1.29, 1.82) is 0 Å². The van der Waals surface area contributed by atoms with Gasteiger partial charge in [0.25, 0.3) is 0 Å². The minimum atomic E-state index is -0.469. The highest BCUT2D eigenvalue weighted by Gasteiger charge is 2.32. The third kappa shape index (κ3) is 7.03. The lowest BCUT2D eigenvalue weighted by Gasteiger charge is -2.38. The maximum absolute atomic E-state index is 12.3. The van der Waals surface area contributed by atoms with Gasteiger partial charge in [0.05, 0.1) is 0 Å². The molecule has 0 radical (unpaired) electrons. The number of amides is 1. The first kappa shape index (κ1) is 23.2. The van der Waals surface area contributed by atoms with Crippen LogP contribution in [-0.2, 0) is 11.3 Å². The summed E-state index contributed by atoms with van der Waals surface area (Å²) in [5.74, 6) is 0.868. The van der Waals surface area contributed by atoms with Crippen molar-refractivity contribution in [3.63, 3.8) is 0 Å². The molecule has 1 aromatic heterocycles. The summed E-state index contributed by atoms with van der Waals surface area (Å²) >= 11 is 0. The van der Waals surface area contributed by atoms with E-state index >= 15 is 0 Å². The molecule has 2 aromatic rings. The third-order valence-corrected chi connectivity index (χ3v) is 4.83. The van der Waals surface area contributed by atoms with Gasteiger partial charge in [0.1, 0.15) is 17.5 Å². The van der Waals surface area contributed by atoms with E-state index in [-0.39, 0.29) is 35.2 Å². The van der Waals surface area contributed by atoms with E-state index in [0.717, 1.165) is 25.1 Å². The molecule has 1 saturated heterocycles. The second-order valence-electron chi connectivity index (χ2n) is 8.48. The fraction of sp³-hybridized carbons (Fsp3) is 0.478. The molecule has 6 heteroatoms. The van der Waals surface area contributed by atoms with E-state index in [1.54, 1.807) is 0 Å². The average Bonchev–Trinajstić information content (AvgIpc) is 2.63. The van der Waals surface area contributed by atoms with Crippen LogP contribution in [0, 0.1) is 0 Å². The second-order valence-corrected chi connectivity index (χ2v) is 8.48. The van der Waals surface area contributed by atoms with Crippen molar-refractivity contribution in [3.8, 4) is 5.75 Å². The van der Waals surface area contributed by atoms with E-state index in [2.05, 4.69) is 35.8 Å². The van der Waals surface area contributed by atoms with E-state index < -0.39 is 5.60 Å². The smallest absolute Gasteiger partial charge is 0.410 e. The molecule has 0 saturated carbocycles. The van der Waals surface area contributed by atoms with Crippen molar-refractivity contribution in [2.75, 3.05) is 6.54 Å². The summed E-state index contributed by atoms with van der Waals surface area (Å²) in [4.78, 5) is 14.1. The summed E-state index contributed by atoms with van der Waals surface area (Å²) in [5, 5.41) is 0. The Labute approximate surface area is 184 Å². The Morgan fingerprint density at radius 1 is 1.14 bits per heavy atom. The summed E-state index contributed by atoms with van der Waals surface area (Å²) in [7, 11) is 0. The number of aromatic nitrogens is 1. The van der Waals surface area contributed by atoms with Crippen molar-refractivity contribution in [1.82, 2.24) is 4.90 Å². The van der Waals surface area contributed by atoms with Crippen molar-refractivity contribution >= 4 is 6.09 Å². The van der Waals surface area contributed by atoms with Gasteiger partial charge in [0, 0.05) is 43.1 Å². The van der Waals surface area contributed by atoms with Crippen LogP contribution in [0.1, 0.15) is 46.1 Å². The van der Waals surface area contributed by atoms with E-state index in [1.165, 1.54) is 5.56 Å². The van der Waals surface area contributed by atoms with E-state index in [9.17, 15) is 4.79 Å². The Balaban J connectivity index is 0.00000300. The molecule has 0 N–H and O–H groups in total. The number of carbonyl (C=O) groups is 1. The standard InChI is InChI=1S/C23H31N2O3.BrH/c1-18-16-21(12-15-25(18)22(26)28-23(2,3)4)27-20-10-13-24(14-11-20)17-19-8-6-5-7-9-19;/h5-11,13-14,18,21H,12,15-17H2,1-4H3;1H/q+1;/p-1/t18-,21+;/m0./s1. The van der Waals surface area contributed by atoms with Crippen LogP contribution in [0.2, 0.25) is 0 Å². The number of rotatable bonds is 4. The number of carbonyl (C=O) groups excluding carboxylic acids is 1. The SMILES string of the molecule is C[C@H]1C[C@H](Oc2cc[n+](Cc3ccccc3)cc2)CCN1C(=O)OC(C)(C)C.[Br-]. The largest absolute Gasteiger partial charge is 1.00 e. The van der Waals surface area contributed by atoms with Gasteiger partial charge in [0.15, 0.2) is 18.9 Å². The van der Waals surface area contributed by atoms with Crippen LogP contribution >= 0.6 is 0 Å². The molecule has 0 aliphatic carbocycles. The highest BCUT2D eigenvalue weighted by Crippen LogP contribution is 2.24. The number of benzene rings is 1. The van der Waals surface area contributed by atoms with Gasteiger partial charge in [0.2, 0.25) is 0 Å². The zero-order valence-corrected chi connectivity index (χ0v) is 19.3. The number of piperidine rings is 1. The fourth-order valence-corrected chi connectivity index (χ4v) is 3.44. The summed E-state index contributed by atoms with van der Waals surface area (Å²) < 4.78 is 13.8. The van der Waals surface area contributed by atoms with Gasteiger partial charge in [-0.3, -0.25) is 0 Å². The van der Waals surface area contributed by atoms with E-state index in [4.69, 9.17) is 9.47 Å². The monoisotopic (exact) mass is 462 g/mol. The number of halogens is 1. The summed E-state index contributed by atoms with van der Waals surface area (Å²) in [5.41, 5.74) is 0.799. The predicted octanol–water partition coefficient (Wildman–Crippen LogP) is 1.19. The Kier molecular flexibility index (Phi) is 8.08. The molecule has 2 heterocycles. The zero-order valence-electron chi connectivity index (χ0n) is 17.7. The van der Waals surface area contributed by atoms with Crippen LogP contribution in [0.5, 0.6) is 5.75 Å². The molecular formula is C23H31BrN2O3. The molecule has 0 unspecified atom stereocenters. The number of hydrogen-bond acceptors (Lipinski definition) is 3. The summed E-state index contributed by atoms with van der Waals surface area (Å²) in [6.45, 7) is 9.23. The summed E-state index contributed by atoms with van der Waals surface area (Å²) in [6, 6.07) is 14.5.